The smallest absolute Gasteiger partial charge is 0.261 e. The van der Waals surface area contributed by atoms with E-state index in [-0.39, 0.29) is 35.4 Å². The first-order chi connectivity index (χ1) is 23.6. The number of methoxy groups -OCH3 is 1. The first-order valence-corrected chi connectivity index (χ1v) is 19.9. The quantitative estimate of drug-likeness (QED) is 0.170. The van der Waals surface area contributed by atoms with Gasteiger partial charge in [-0.3, -0.25) is 0 Å². The molecule has 1 unspecified atom stereocenters. The molecule has 4 heterocycles. The lowest BCUT2D eigenvalue weighted by Gasteiger charge is -2.46. The van der Waals surface area contributed by atoms with Crippen LogP contribution in [0.5, 0.6) is 5.75 Å². The Bertz CT molecular complexity index is 1520. The summed E-state index contributed by atoms with van der Waals surface area (Å²) in [4.78, 5) is 0. The molecule has 0 aliphatic carbocycles. The maximum atomic E-state index is 7.25. The van der Waals surface area contributed by atoms with Gasteiger partial charge in [0.2, 0.25) is 0 Å². The fraction of sp³-hybridized carbons (Fsp3) is 0.512. The van der Waals surface area contributed by atoms with Crippen molar-refractivity contribution in [3.8, 4) is 5.75 Å². The van der Waals surface area contributed by atoms with Gasteiger partial charge in [-0.25, -0.2) is 0 Å². The molecule has 7 rings (SSSR count). The van der Waals surface area contributed by atoms with Crippen molar-refractivity contribution >= 4 is 18.7 Å². The lowest BCUT2D eigenvalue weighted by atomic mass is 9.86. The van der Waals surface area contributed by atoms with Crippen molar-refractivity contribution < 1.29 is 32.8 Å². The van der Waals surface area contributed by atoms with E-state index in [2.05, 4.69) is 101 Å². The second-order valence-electron chi connectivity index (χ2n) is 15.3. The predicted molar refractivity (Wildman–Crippen MR) is 193 cm³/mol. The summed E-state index contributed by atoms with van der Waals surface area (Å²) in [5.41, 5.74) is 1.10. The third-order valence-corrected chi connectivity index (χ3v) is 15.9. The Morgan fingerprint density at radius 2 is 1.51 bits per heavy atom. The molecule has 0 N–H and O–H groups in total. The molecule has 4 aliphatic rings. The van der Waals surface area contributed by atoms with Gasteiger partial charge in [-0.1, -0.05) is 113 Å². The van der Waals surface area contributed by atoms with Gasteiger partial charge in [0.25, 0.3) is 8.32 Å². The minimum Gasteiger partial charge on any atom is -0.497 e. The molecular weight excluding hydrogens is 633 g/mol. The normalized spacial score (nSPS) is 31.3. The standard InChI is InChI=1S/C41H52O7Si/c1-30-25-37-38(26-34(45-37)29-44-49(39(2,3)4,35-14-8-6-9-15-35)36-16-10-7-11-17-36)47-41(30)24-23-40(48-41)22-12-13-33(46-40)28-43-27-31-18-20-32(42-5)21-19-31/h6-21,30,33-34,37-38H,22-29H2,1-5H3/t30-,33+,34+,37-,38-,40+,41?/m1/s1. The Balaban J connectivity index is 0.989. The monoisotopic (exact) mass is 684 g/mol. The number of fused-ring (bicyclic) bond motifs is 1. The molecule has 0 radical (unpaired) electrons. The number of rotatable bonds is 10. The van der Waals surface area contributed by atoms with Crippen molar-refractivity contribution in [3.05, 3.63) is 103 Å². The van der Waals surface area contributed by atoms with E-state index in [9.17, 15) is 0 Å². The van der Waals surface area contributed by atoms with Crippen molar-refractivity contribution in [3.63, 3.8) is 0 Å². The van der Waals surface area contributed by atoms with Crippen LogP contribution in [0.4, 0.5) is 0 Å². The summed E-state index contributed by atoms with van der Waals surface area (Å²) < 4.78 is 45.8. The summed E-state index contributed by atoms with van der Waals surface area (Å²) in [7, 11) is -0.989. The maximum absolute atomic E-state index is 7.25. The highest BCUT2D eigenvalue weighted by molar-refractivity contribution is 6.99. The lowest BCUT2D eigenvalue weighted by Crippen LogP contribution is -2.67. The van der Waals surface area contributed by atoms with Gasteiger partial charge in [-0.2, -0.15) is 0 Å². The Hall–Kier alpha value is -2.82. The van der Waals surface area contributed by atoms with Crippen LogP contribution in [0.1, 0.15) is 65.4 Å². The highest BCUT2D eigenvalue weighted by Crippen LogP contribution is 2.53. The Kier molecular flexibility index (Phi) is 9.94. The van der Waals surface area contributed by atoms with E-state index in [1.54, 1.807) is 7.11 Å². The fourth-order valence-corrected chi connectivity index (χ4v) is 13.0. The zero-order valence-electron chi connectivity index (χ0n) is 29.6. The molecule has 3 fully saturated rings. The van der Waals surface area contributed by atoms with E-state index < -0.39 is 19.9 Å². The molecule has 4 aliphatic heterocycles. The molecule has 3 saturated heterocycles. The topological polar surface area (TPSA) is 64.6 Å². The van der Waals surface area contributed by atoms with Gasteiger partial charge in [0.1, 0.15) is 11.9 Å². The first-order valence-electron chi connectivity index (χ1n) is 18.0. The molecule has 0 saturated carbocycles. The van der Waals surface area contributed by atoms with Crippen LogP contribution in [0.2, 0.25) is 5.04 Å². The molecule has 262 valence electrons. The molecule has 8 heteroatoms. The van der Waals surface area contributed by atoms with Gasteiger partial charge in [-0.15, -0.1) is 0 Å². The molecule has 0 amide bonds. The van der Waals surface area contributed by atoms with Gasteiger partial charge < -0.3 is 32.8 Å². The minimum atomic E-state index is -2.66. The fourth-order valence-electron chi connectivity index (χ4n) is 8.43. The van der Waals surface area contributed by atoms with Crippen molar-refractivity contribution in [2.24, 2.45) is 5.92 Å². The van der Waals surface area contributed by atoms with Gasteiger partial charge in [0.05, 0.1) is 45.2 Å². The van der Waals surface area contributed by atoms with Crippen LogP contribution < -0.4 is 15.1 Å². The van der Waals surface area contributed by atoms with Crippen molar-refractivity contribution in [2.75, 3.05) is 20.3 Å². The maximum Gasteiger partial charge on any atom is 0.261 e. The van der Waals surface area contributed by atoms with Crippen LogP contribution in [-0.2, 0) is 34.7 Å². The summed E-state index contributed by atoms with van der Waals surface area (Å²) in [6.45, 7) is 10.7. The number of hydrogen-bond acceptors (Lipinski definition) is 7. The van der Waals surface area contributed by atoms with Crippen molar-refractivity contribution in [1.29, 1.82) is 0 Å². The SMILES string of the molecule is COc1ccc(COC[C@@H]2C=CC[C@]3(CCC4(O[C@@H]5C[C@@H](CO[Si](c6ccccc6)(c6ccccc6)C(C)(C)C)O[C@@H]5C[C@H]4C)O3)O2)cc1. The third kappa shape index (κ3) is 6.94. The first kappa shape index (κ1) is 34.6. The molecule has 49 heavy (non-hydrogen) atoms. The zero-order valence-corrected chi connectivity index (χ0v) is 30.6. The number of ether oxygens (including phenoxy) is 6. The van der Waals surface area contributed by atoms with E-state index >= 15 is 0 Å². The van der Waals surface area contributed by atoms with E-state index in [0.29, 0.717) is 26.2 Å². The average Bonchev–Trinajstić information content (AvgIpc) is 3.66. The Morgan fingerprint density at radius 3 is 2.16 bits per heavy atom. The number of hydrogen-bond donors (Lipinski definition) is 0. The van der Waals surface area contributed by atoms with Crippen LogP contribution in [0.25, 0.3) is 0 Å². The van der Waals surface area contributed by atoms with Gasteiger partial charge in [-0.05, 0) is 39.5 Å². The highest BCUT2D eigenvalue weighted by Gasteiger charge is 2.60. The van der Waals surface area contributed by atoms with Crippen LogP contribution in [0.3, 0.4) is 0 Å². The molecule has 7 nitrogen and oxygen atoms in total. The van der Waals surface area contributed by atoms with Crippen LogP contribution in [0, 0.1) is 5.92 Å². The van der Waals surface area contributed by atoms with E-state index in [4.69, 9.17) is 32.8 Å². The summed E-state index contributed by atoms with van der Waals surface area (Å²) in [5, 5.41) is 2.47. The molecular formula is C41H52O7Si. The van der Waals surface area contributed by atoms with Gasteiger partial charge >= 0.3 is 0 Å². The average molecular weight is 685 g/mol. The summed E-state index contributed by atoms with van der Waals surface area (Å²) in [6.07, 6.45) is 8.01. The summed E-state index contributed by atoms with van der Waals surface area (Å²) in [6, 6.07) is 29.6. The lowest BCUT2D eigenvalue weighted by molar-refractivity contribution is -0.369. The van der Waals surface area contributed by atoms with Crippen LogP contribution >= 0.6 is 0 Å². The Morgan fingerprint density at radius 1 is 0.816 bits per heavy atom. The van der Waals surface area contributed by atoms with Crippen LogP contribution in [0.15, 0.2) is 97.1 Å². The van der Waals surface area contributed by atoms with E-state index in [1.807, 2.05) is 24.3 Å². The second-order valence-corrected chi connectivity index (χ2v) is 19.6. The molecule has 0 bridgehead atoms. The predicted octanol–water partition coefficient (Wildman–Crippen LogP) is 6.92. The third-order valence-electron chi connectivity index (χ3n) is 10.9. The second kappa shape index (κ2) is 14.1. The molecule has 2 spiro atoms. The van der Waals surface area contributed by atoms with Gasteiger partial charge in [0, 0.05) is 31.6 Å². The van der Waals surface area contributed by atoms with Crippen LogP contribution in [-0.4, -0.2) is 64.6 Å². The molecule has 7 atom stereocenters. The van der Waals surface area contributed by atoms with E-state index in [0.717, 1.165) is 37.0 Å². The summed E-state index contributed by atoms with van der Waals surface area (Å²) >= 11 is 0. The zero-order chi connectivity index (χ0) is 34.1. The van der Waals surface area contributed by atoms with Crippen molar-refractivity contribution in [1.82, 2.24) is 0 Å². The largest absolute Gasteiger partial charge is 0.497 e. The van der Waals surface area contributed by atoms with E-state index in [1.165, 1.54) is 10.4 Å². The molecule has 3 aromatic rings. The summed E-state index contributed by atoms with van der Waals surface area (Å²) in [5.74, 6) is -0.373. The number of benzene rings is 3. The highest BCUT2D eigenvalue weighted by atomic mass is 28.4. The Labute approximate surface area is 293 Å². The van der Waals surface area contributed by atoms with Gasteiger partial charge in [0.15, 0.2) is 11.6 Å². The molecule has 0 aromatic heterocycles. The molecule has 3 aromatic carbocycles. The van der Waals surface area contributed by atoms with Crippen molar-refractivity contribution in [2.45, 2.75) is 107 Å². The minimum absolute atomic E-state index is 0.0276.